The van der Waals surface area contributed by atoms with Gasteiger partial charge in [-0.1, -0.05) is 19.1 Å². The van der Waals surface area contributed by atoms with Crippen LogP contribution in [0.4, 0.5) is 10.2 Å². The topological polar surface area (TPSA) is 55.8 Å². The zero-order chi connectivity index (χ0) is 19.8. The van der Waals surface area contributed by atoms with Gasteiger partial charge < -0.3 is 20.4 Å². The molecule has 0 spiro atoms. The molecular formula is C21H29FN6. The van der Waals surface area contributed by atoms with Crippen LogP contribution in [0.5, 0.6) is 0 Å². The summed E-state index contributed by atoms with van der Waals surface area (Å²) in [4.78, 5) is 13.6. The van der Waals surface area contributed by atoms with Crippen molar-refractivity contribution in [3.8, 4) is 0 Å². The highest BCUT2D eigenvalue weighted by Crippen LogP contribution is 2.15. The number of aliphatic imine (C=N–C) groups is 1. The van der Waals surface area contributed by atoms with E-state index < -0.39 is 0 Å². The van der Waals surface area contributed by atoms with Crippen molar-refractivity contribution in [1.82, 2.24) is 20.5 Å². The minimum absolute atomic E-state index is 0.226. The molecule has 0 bridgehead atoms. The van der Waals surface area contributed by atoms with Gasteiger partial charge in [-0.3, -0.25) is 4.99 Å². The lowest BCUT2D eigenvalue weighted by molar-refractivity contribution is 0.270. The van der Waals surface area contributed by atoms with Crippen LogP contribution >= 0.6 is 0 Å². The maximum absolute atomic E-state index is 13.0. The highest BCUT2D eigenvalue weighted by Gasteiger charge is 2.16. The molecule has 150 valence electrons. The molecule has 28 heavy (non-hydrogen) atoms. The molecule has 0 unspecified atom stereocenters. The Bertz CT molecular complexity index is 769. The molecule has 1 aromatic heterocycles. The standard InChI is InChI=1S/C21H29FN6/c1-3-27-10-12-28(13-11-27)20-14-18(8-9-24-20)16-26-21(23-2)25-15-17-4-6-19(22)7-5-17/h4-9,14H,3,10-13,15-16H2,1-2H3,(H2,23,25,26). The van der Waals surface area contributed by atoms with Crippen LogP contribution in [-0.4, -0.2) is 55.6 Å². The number of anilines is 1. The summed E-state index contributed by atoms with van der Waals surface area (Å²) >= 11 is 0. The zero-order valence-corrected chi connectivity index (χ0v) is 16.7. The zero-order valence-electron chi connectivity index (χ0n) is 16.7. The van der Waals surface area contributed by atoms with E-state index in [4.69, 9.17) is 0 Å². The maximum Gasteiger partial charge on any atom is 0.191 e. The Kier molecular flexibility index (Phi) is 7.19. The fourth-order valence-electron chi connectivity index (χ4n) is 3.23. The second-order valence-electron chi connectivity index (χ2n) is 6.85. The van der Waals surface area contributed by atoms with Gasteiger partial charge in [0.25, 0.3) is 0 Å². The van der Waals surface area contributed by atoms with E-state index in [0.29, 0.717) is 19.0 Å². The van der Waals surface area contributed by atoms with Gasteiger partial charge in [-0.2, -0.15) is 0 Å². The first-order chi connectivity index (χ1) is 13.7. The number of piperazine rings is 1. The maximum atomic E-state index is 13.0. The number of hydrogen-bond donors (Lipinski definition) is 2. The molecule has 2 N–H and O–H groups in total. The van der Waals surface area contributed by atoms with Crippen LogP contribution in [0.25, 0.3) is 0 Å². The molecule has 7 heteroatoms. The predicted octanol–water partition coefficient (Wildman–Crippen LogP) is 2.23. The number of pyridine rings is 1. The van der Waals surface area contributed by atoms with Gasteiger partial charge in [0.15, 0.2) is 5.96 Å². The number of rotatable bonds is 6. The molecule has 0 amide bonds. The molecular weight excluding hydrogens is 355 g/mol. The van der Waals surface area contributed by atoms with Gasteiger partial charge in [0, 0.05) is 52.5 Å². The number of nitrogens with zero attached hydrogens (tertiary/aromatic N) is 4. The molecule has 0 radical (unpaired) electrons. The number of guanidine groups is 1. The van der Waals surface area contributed by atoms with E-state index in [1.165, 1.54) is 12.1 Å². The SMILES string of the molecule is CCN1CCN(c2cc(CNC(=NC)NCc3ccc(F)cc3)ccn2)CC1. The van der Waals surface area contributed by atoms with Crippen LogP contribution in [0.3, 0.4) is 0 Å². The lowest BCUT2D eigenvalue weighted by atomic mass is 10.2. The van der Waals surface area contributed by atoms with E-state index in [0.717, 1.165) is 49.7 Å². The summed E-state index contributed by atoms with van der Waals surface area (Å²) in [6.45, 7) is 8.75. The van der Waals surface area contributed by atoms with Crippen molar-refractivity contribution in [3.05, 3.63) is 59.5 Å². The first-order valence-electron chi connectivity index (χ1n) is 9.79. The van der Waals surface area contributed by atoms with Crippen LogP contribution in [0.2, 0.25) is 0 Å². The highest BCUT2D eigenvalue weighted by molar-refractivity contribution is 5.79. The third-order valence-electron chi connectivity index (χ3n) is 5.01. The van der Waals surface area contributed by atoms with Gasteiger partial charge >= 0.3 is 0 Å². The lowest BCUT2D eigenvalue weighted by Gasteiger charge is -2.34. The molecule has 1 aliphatic heterocycles. The van der Waals surface area contributed by atoms with E-state index in [-0.39, 0.29) is 5.82 Å². The van der Waals surface area contributed by atoms with Gasteiger partial charge in [-0.25, -0.2) is 9.37 Å². The van der Waals surface area contributed by atoms with Crippen LogP contribution in [0, 0.1) is 5.82 Å². The van der Waals surface area contributed by atoms with Crippen LogP contribution in [-0.2, 0) is 13.1 Å². The molecule has 0 aliphatic carbocycles. The van der Waals surface area contributed by atoms with Crippen molar-refractivity contribution in [2.75, 3.05) is 44.7 Å². The fraction of sp³-hybridized carbons (Fsp3) is 0.429. The van der Waals surface area contributed by atoms with Crippen molar-refractivity contribution in [2.45, 2.75) is 20.0 Å². The number of nitrogens with one attached hydrogen (secondary N) is 2. The van der Waals surface area contributed by atoms with Gasteiger partial charge in [-0.05, 0) is 41.9 Å². The Hall–Kier alpha value is -2.67. The van der Waals surface area contributed by atoms with E-state index in [9.17, 15) is 4.39 Å². The number of hydrogen-bond acceptors (Lipinski definition) is 4. The number of benzene rings is 1. The Morgan fingerprint density at radius 3 is 2.36 bits per heavy atom. The Balaban J connectivity index is 1.51. The molecule has 1 aliphatic rings. The van der Waals surface area contributed by atoms with Crippen molar-refractivity contribution in [2.24, 2.45) is 4.99 Å². The number of likely N-dealkylation sites (N-methyl/N-ethyl adjacent to an activating group) is 1. The van der Waals surface area contributed by atoms with Gasteiger partial charge in [-0.15, -0.1) is 0 Å². The molecule has 3 rings (SSSR count). The van der Waals surface area contributed by atoms with Gasteiger partial charge in [0.05, 0.1) is 0 Å². The molecule has 1 fully saturated rings. The average Bonchev–Trinajstić information content (AvgIpc) is 2.75. The minimum atomic E-state index is -0.226. The summed E-state index contributed by atoms with van der Waals surface area (Å²) < 4.78 is 13.0. The van der Waals surface area contributed by atoms with Crippen molar-refractivity contribution >= 4 is 11.8 Å². The normalized spacial score (nSPS) is 15.5. The Morgan fingerprint density at radius 1 is 1.04 bits per heavy atom. The van der Waals surface area contributed by atoms with Crippen molar-refractivity contribution < 1.29 is 4.39 Å². The van der Waals surface area contributed by atoms with E-state index in [1.807, 2.05) is 12.3 Å². The number of aromatic nitrogens is 1. The summed E-state index contributed by atoms with van der Waals surface area (Å²) in [6, 6.07) is 10.6. The van der Waals surface area contributed by atoms with Crippen LogP contribution < -0.4 is 15.5 Å². The smallest absolute Gasteiger partial charge is 0.191 e. The Labute approximate surface area is 166 Å². The van der Waals surface area contributed by atoms with Crippen molar-refractivity contribution in [3.63, 3.8) is 0 Å². The minimum Gasteiger partial charge on any atom is -0.354 e. The Morgan fingerprint density at radius 2 is 1.71 bits per heavy atom. The predicted molar refractivity (Wildman–Crippen MR) is 112 cm³/mol. The monoisotopic (exact) mass is 384 g/mol. The van der Waals surface area contributed by atoms with Gasteiger partial charge in [0.1, 0.15) is 11.6 Å². The summed E-state index contributed by atoms with van der Waals surface area (Å²) in [6.07, 6.45) is 1.87. The summed E-state index contributed by atoms with van der Waals surface area (Å²) in [5.41, 5.74) is 2.16. The second kappa shape index (κ2) is 10.0. The quantitative estimate of drug-likeness (QED) is 0.591. The molecule has 6 nitrogen and oxygen atoms in total. The third-order valence-corrected chi connectivity index (χ3v) is 5.01. The largest absolute Gasteiger partial charge is 0.354 e. The van der Waals surface area contributed by atoms with E-state index >= 15 is 0 Å². The molecule has 1 aromatic carbocycles. The van der Waals surface area contributed by atoms with Crippen LogP contribution in [0.15, 0.2) is 47.6 Å². The third kappa shape index (κ3) is 5.66. The van der Waals surface area contributed by atoms with E-state index in [2.05, 4.69) is 43.4 Å². The molecule has 1 saturated heterocycles. The highest BCUT2D eigenvalue weighted by atomic mass is 19.1. The fourth-order valence-corrected chi connectivity index (χ4v) is 3.23. The summed E-state index contributed by atoms with van der Waals surface area (Å²) in [5.74, 6) is 1.51. The first kappa shape index (κ1) is 20.1. The molecule has 0 saturated carbocycles. The lowest BCUT2D eigenvalue weighted by Crippen LogP contribution is -2.46. The summed E-state index contributed by atoms with van der Waals surface area (Å²) in [7, 11) is 1.74. The van der Waals surface area contributed by atoms with Gasteiger partial charge in [0.2, 0.25) is 0 Å². The molecule has 2 heterocycles. The second-order valence-corrected chi connectivity index (χ2v) is 6.85. The van der Waals surface area contributed by atoms with Crippen molar-refractivity contribution in [1.29, 1.82) is 0 Å². The van der Waals surface area contributed by atoms with Crippen LogP contribution in [0.1, 0.15) is 18.1 Å². The van der Waals surface area contributed by atoms with E-state index in [1.54, 1.807) is 19.2 Å². The number of halogens is 1. The molecule has 2 aromatic rings. The average molecular weight is 385 g/mol. The summed E-state index contributed by atoms with van der Waals surface area (Å²) in [5, 5.41) is 6.57. The first-order valence-corrected chi connectivity index (χ1v) is 9.79. The molecule has 0 atom stereocenters.